The Balaban J connectivity index is 1.96. The summed E-state index contributed by atoms with van der Waals surface area (Å²) in [4.78, 5) is 17.4. The van der Waals surface area contributed by atoms with E-state index >= 15 is 0 Å². The molecule has 4 rings (SSSR count). The molecule has 1 aromatic carbocycles. The van der Waals surface area contributed by atoms with E-state index in [0.29, 0.717) is 16.6 Å². The van der Waals surface area contributed by atoms with Crippen LogP contribution in [0.5, 0.6) is 0 Å². The zero-order valence-electron chi connectivity index (χ0n) is 12.4. The maximum absolute atomic E-state index is 12.6. The van der Waals surface area contributed by atoms with E-state index in [9.17, 15) is 4.79 Å². The normalized spacial score (nSPS) is 19.4. The van der Waals surface area contributed by atoms with Gasteiger partial charge in [0.15, 0.2) is 5.17 Å². The van der Waals surface area contributed by atoms with Gasteiger partial charge in [-0.1, -0.05) is 36.9 Å². The number of nitrogens with one attached hydrogen (secondary N) is 1. The molecule has 1 atom stereocenters. The number of hydrogen-bond donors (Lipinski definition) is 1. The zero-order valence-corrected chi connectivity index (χ0v) is 13.2. The molecule has 0 spiro atoms. The summed E-state index contributed by atoms with van der Waals surface area (Å²) in [5.41, 5.74) is 0.498. The Kier molecular flexibility index (Phi) is 3.42. The number of hydrazone groups is 1. The van der Waals surface area contributed by atoms with Gasteiger partial charge in [-0.3, -0.25) is 10.1 Å². The van der Waals surface area contributed by atoms with Crippen LogP contribution < -0.4 is 15.9 Å². The number of amidine groups is 1. The fraction of sp³-hybridized carbons (Fsp3) is 0.188. The molecule has 0 fully saturated rings. The lowest BCUT2D eigenvalue weighted by Crippen LogP contribution is -2.50. The van der Waals surface area contributed by atoms with Crippen molar-refractivity contribution in [3.8, 4) is 0 Å². The highest BCUT2D eigenvalue weighted by Crippen LogP contribution is 2.30. The highest BCUT2D eigenvalue weighted by atomic mass is 32.2. The molecule has 0 saturated carbocycles. The fourth-order valence-corrected chi connectivity index (χ4v) is 3.24. The number of hydrogen-bond acceptors (Lipinski definition) is 6. The molecule has 3 heterocycles. The topological polar surface area (TPSA) is 70.2 Å². The van der Waals surface area contributed by atoms with Crippen LogP contribution in [0.1, 0.15) is 18.8 Å². The molecular formula is C16H14N4O2S. The van der Waals surface area contributed by atoms with Crippen molar-refractivity contribution in [2.75, 3.05) is 5.75 Å². The average Bonchev–Trinajstić information content (AvgIpc) is 3.08. The summed E-state index contributed by atoms with van der Waals surface area (Å²) in [6.07, 6.45) is 1.12. The van der Waals surface area contributed by atoms with Gasteiger partial charge in [-0.2, -0.15) is 0 Å². The number of rotatable bonds is 2. The molecule has 7 heteroatoms. The number of carbonyl (C=O) groups excluding carboxylic acids is 1. The van der Waals surface area contributed by atoms with Crippen LogP contribution in [0.15, 0.2) is 57.2 Å². The number of furan rings is 1. The number of nitrogens with zero attached hydrogens (tertiary/aromatic N) is 3. The Hall–Kier alpha value is -2.54. The second-order valence-electron chi connectivity index (χ2n) is 5.02. The number of carbonyl (C=O) groups is 1. The molecule has 23 heavy (non-hydrogen) atoms. The van der Waals surface area contributed by atoms with Gasteiger partial charge in [0, 0.05) is 5.22 Å². The summed E-state index contributed by atoms with van der Waals surface area (Å²) in [6, 6.07) is 11.2. The SMILES string of the molecule is CCSC1=NN2C(=c3ccccc3=NC2c2ccco2)C(=O)N1. The summed E-state index contributed by atoms with van der Waals surface area (Å²) in [7, 11) is 0. The lowest BCUT2D eigenvalue weighted by Gasteiger charge is -2.32. The van der Waals surface area contributed by atoms with Crippen molar-refractivity contribution >= 4 is 28.5 Å². The van der Waals surface area contributed by atoms with Gasteiger partial charge in [0.2, 0.25) is 6.17 Å². The molecule has 2 aliphatic heterocycles. The lowest BCUT2D eigenvalue weighted by atomic mass is 10.1. The van der Waals surface area contributed by atoms with E-state index in [1.165, 1.54) is 11.8 Å². The third kappa shape index (κ3) is 2.33. The monoisotopic (exact) mass is 326 g/mol. The number of thioether (sulfide) groups is 1. The largest absolute Gasteiger partial charge is 0.465 e. The van der Waals surface area contributed by atoms with Crippen molar-refractivity contribution in [2.24, 2.45) is 10.1 Å². The predicted octanol–water partition coefficient (Wildman–Crippen LogP) is 1.18. The molecule has 1 N–H and O–H groups in total. The summed E-state index contributed by atoms with van der Waals surface area (Å²) < 4.78 is 5.51. The molecule has 1 amide bonds. The third-order valence-electron chi connectivity index (χ3n) is 3.59. The zero-order chi connectivity index (χ0) is 15.8. The molecule has 1 unspecified atom stereocenters. The van der Waals surface area contributed by atoms with Crippen LogP contribution in [-0.2, 0) is 4.79 Å². The molecule has 2 aliphatic rings. The van der Waals surface area contributed by atoms with Gasteiger partial charge in [0.25, 0.3) is 5.91 Å². The first-order valence-corrected chi connectivity index (χ1v) is 8.29. The molecule has 6 nitrogen and oxygen atoms in total. The van der Waals surface area contributed by atoms with E-state index in [2.05, 4.69) is 10.4 Å². The van der Waals surface area contributed by atoms with Gasteiger partial charge in [-0.15, -0.1) is 5.10 Å². The standard InChI is InChI=1S/C16H14N4O2S/c1-2-23-16-18-15(21)13-10-6-3-4-7-11(10)17-14(20(13)19-16)12-8-5-9-22-12/h3-9,14H,2H2,1H3,(H,18,19,21). The first-order valence-electron chi connectivity index (χ1n) is 7.30. The number of para-hydroxylation sites is 1. The smallest absolute Gasteiger partial charge is 0.276 e. The van der Waals surface area contributed by atoms with E-state index in [0.717, 1.165) is 16.3 Å². The van der Waals surface area contributed by atoms with E-state index in [4.69, 9.17) is 9.41 Å². The van der Waals surface area contributed by atoms with Crippen LogP contribution in [-0.4, -0.2) is 21.8 Å². The molecule has 0 aliphatic carbocycles. The van der Waals surface area contributed by atoms with Gasteiger partial charge in [-0.05, 0) is 24.0 Å². The highest BCUT2D eigenvalue weighted by molar-refractivity contribution is 8.13. The van der Waals surface area contributed by atoms with Gasteiger partial charge in [-0.25, -0.2) is 10.0 Å². The van der Waals surface area contributed by atoms with Crippen molar-refractivity contribution < 1.29 is 9.21 Å². The maximum Gasteiger partial charge on any atom is 0.276 e. The van der Waals surface area contributed by atoms with Crippen LogP contribution in [0.25, 0.3) is 5.70 Å². The Morgan fingerprint density at radius 1 is 1.30 bits per heavy atom. The molecular weight excluding hydrogens is 312 g/mol. The molecule has 2 aromatic rings. The predicted molar refractivity (Wildman–Crippen MR) is 87.6 cm³/mol. The molecule has 0 saturated heterocycles. The minimum atomic E-state index is -0.478. The molecule has 0 bridgehead atoms. The summed E-state index contributed by atoms with van der Waals surface area (Å²) in [6.45, 7) is 2.01. The summed E-state index contributed by atoms with van der Waals surface area (Å²) >= 11 is 1.48. The van der Waals surface area contributed by atoms with E-state index < -0.39 is 6.17 Å². The van der Waals surface area contributed by atoms with Crippen LogP contribution in [0.3, 0.4) is 0 Å². The van der Waals surface area contributed by atoms with Crippen LogP contribution in [0, 0.1) is 0 Å². The summed E-state index contributed by atoms with van der Waals surface area (Å²) in [5, 5.41) is 11.2. The van der Waals surface area contributed by atoms with Crippen molar-refractivity contribution in [3.63, 3.8) is 0 Å². The summed E-state index contributed by atoms with van der Waals surface area (Å²) in [5.74, 6) is 1.30. The molecule has 0 radical (unpaired) electrons. The number of benzene rings is 1. The quantitative estimate of drug-likeness (QED) is 0.899. The minimum Gasteiger partial charge on any atom is -0.465 e. The second-order valence-corrected chi connectivity index (χ2v) is 6.27. The van der Waals surface area contributed by atoms with Crippen molar-refractivity contribution in [2.45, 2.75) is 13.1 Å². The second kappa shape index (κ2) is 5.58. The van der Waals surface area contributed by atoms with Crippen molar-refractivity contribution in [1.82, 2.24) is 10.3 Å². The highest BCUT2D eigenvalue weighted by Gasteiger charge is 2.35. The Morgan fingerprint density at radius 2 is 2.17 bits per heavy atom. The van der Waals surface area contributed by atoms with Gasteiger partial charge in [0.05, 0.1) is 11.6 Å². The number of fused-ring (bicyclic) bond motifs is 2. The fourth-order valence-electron chi connectivity index (χ4n) is 2.65. The third-order valence-corrected chi connectivity index (χ3v) is 4.34. The number of amides is 1. The van der Waals surface area contributed by atoms with Crippen LogP contribution >= 0.6 is 11.8 Å². The Bertz CT molecular complexity index is 904. The van der Waals surface area contributed by atoms with Gasteiger partial charge in [0.1, 0.15) is 11.5 Å². The van der Waals surface area contributed by atoms with Crippen LogP contribution in [0.2, 0.25) is 0 Å². The van der Waals surface area contributed by atoms with Crippen LogP contribution in [0.4, 0.5) is 0 Å². The van der Waals surface area contributed by atoms with E-state index in [1.807, 2.05) is 37.3 Å². The lowest BCUT2D eigenvalue weighted by molar-refractivity contribution is -0.116. The Labute approximate surface area is 136 Å². The first kappa shape index (κ1) is 14.1. The van der Waals surface area contributed by atoms with Crippen molar-refractivity contribution in [3.05, 3.63) is 59.0 Å². The minimum absolute atomic E-state index is 0.171. The van der Waals surface area contributed by atoms with E-state index in [-0.39, 0.29) is 5.91 Å². The van der Waals surface area contributed by atoms with Gasteiger partial charge >= 0.3 is 0 Å². The average molecular weight is 326 g/mol. The molecule has 1 aromatic heterocycles. The van der Waals surface area contributed by atoms with E-state index in [1.54, 1.807) is 17.3 Å². The Morgan fingerprint density at radius 3 is 2.96 bits per heavy atom. The maximum atomic E-state index is 12.6. The van der Waals surface area contributed by atoms with Gasteiger partial charge < -0.3 is 4.42 Å². The first-order chi connectivity index (χ1) is 11.3. The van der Waals surface area contributed by atoms with Crippen molar-refractivity contribution in [1.29, 1.82) is 0 Å². The molecule has 116 valence electrons.